The van der Waals surface area contributed by atoms with Gasteiger partial charge in [-0.05, 0) is 40.7 Å². The maximum absolute atomic E-state index is 8.86. The minimum absolute atomic E-state index is 0.389. The van der Waals surface area contributed by atoms with Crippen molar-refractivity contribution in [2.75, 3.05) is 6.26 Å². The highest BCUT2D eigenvalue weighted by Crippen LogP contribution is 2.38. The topological polar surface area (TPSA) is 48.2 Å². The van der Waals surface area contributed by atoms with Gasteiger partial charge in [0, 0.05) is 0 Å². The third-order valence-corrected chi connectivity index (χ3v) is 4.25. The molecule has 0 radical (unpaired) electrons. The van der Waals surface area contributed by atoms with Crippen molar-refractivity contribution in [3.8, 4) is 6.19 Å². The van der Waals surface area contributed by atoms with E-state index in [1.807, 2.05) is 12.4 Å². The molecule has 0 aliphatic carbocycles. The standard InChI is InChI=1S/C18H27N3S/c1-11(2)14-8-15(12(3)4)17(16(9-14)13(5)6)21-18(22-7)20-10-19/h8-9,11-13H,1-7H3,(H,20,21). The van der Waals surface area contributed by atoms with Gasteiger partial charge in [0.05, 0.1) is 5.69 Å². The molecule has 1 aromatic carbocycles. The summed E-state index contributed by atoms with van der Waals surface area (Å²) in [6.45, 7) is 13.2. The fourth-order valence-corrected chi connectivity index (χ4v) is 2.65. The van der Waals surface area contributed by atoms with Crippen molar-refractivity contribution in [1.29, 1.82) is 5.26 Å². The van der Waals surface area contributed by atoms with Gasteiger partial charge in [-0.2, -0.15) is 5.26 Å². The molecule has 1 aromatic rings. The van der Waals surface area contributed by atoms with E-state index in [-0.39, 0.29) is 0 Å². The predicted octanol–water partition coefficient (Wildman–Crippen LogP) is 5.48. The molecule has 0 fully saturated rings. The minimum Gasteiger partial charge on any atom is -0.271 e. The van der Waals surface area contributed by atoms with Gasteiger partial charge < -0.3 is 0 Å². The number of rotatable bonds is 4. The molecule has 120 valence electrons. The summed E-state index contributed by atoms with van der Waals surface area (Å²) in [4.78, 5) is 4.76. The van der Waals surface area contributed by atoms with E-state index in [2.05, 4.69) is 59.0 Å². The van der Waals surface area contributed by atoms with Crippen LogP contribution >= 0.6 is 11.8 Å². The first-order valence-electron chi connectivity index (χ1n) is 7.77. The van der Waals surface area contributed by atoms with Crippen LogP contribution in [0.1, 0.15) is 76.0 Å². The van der Waals surface area contributed by atoms with Crippen molar-refractivity contribution < 1.29 is 0 Å². The zero-order valence-corrected chi connectivity index (χ0v) is 15.5. The minimum atomic E-state index is 0.389. The number of nitrogens with zero attached hydrogens (tertiary/aromatic N) is 2. The second kappa shape index (κ2) is 8.24. The Morgan fingerprint density at radius 2 is 1.55 bits per heavy atom. The molecule has 0 aliphatic heterocycles. The Bertz CT molecular complexity index is 551. The molecule has 0 saturated heterocycles. The first-order valence-corrected chi connectivity index (χ1v) is 8.99. The lowest BCUT2D eigenvalue weighted by Gasteiger charge is -2.20. The van der Waals surface area contributed by atoms with Crippen LogP contribution in [0.5, 0.6) is 0 Å². The molecule has 0 heterocycles. The molecule has 4 heteroatoms. The molecule has 0 amide bonds. The van der Waals surface area contributed by atoms with Crippen LogP contribution in [0.4, 0.5) is 5.69 Å². The summed E-state index contributed by atoms with van der Waals surface area (Å²) in [5.41, 5.74) is 4.87. The Morgan fingerprint density at radius 1 is 1.05 bits per heavy atom. The van der Waals surface area contributed by atoms with Crippen LogP contribution in [-0.4, -0.2) is 11.4 Å². The molecular formula is C18H27N3S. The van der Waals surface area contributed by atoms with E-state index >= 15 is 0 Å². The summed E-state index contributed by atoms with van der Waals surface area (Å²) in [6, 6.07) is 4.54. The average Bonchev–Trinajstić information content (AvgIpc) is 2.45. The van der Waals surface area contributed by atoms with Crippen molar-refractivity contribution in [3.05, 3.63) is 28.8 Å². The van der Waals surface area contributed by atoms with Gasteiger partial charge in [0.15, 0.2) is 11.4 Å². The molecule has 1 rings (SSSR count). The van der Waals surface area contributed by atoms with Gasteiger partial charge in [-0.15, -0.1) is 0 Å². The first-order chi connectivity index (χ1) is 10.3. The highest BCUT2D eigenvalue weighted by atomic mass is 32.2. The van der Waals surface area contributed by atoms with E-state index in [0.29, 0.717) is 22.9 Å². The van der Waals surface area contributed by atoms with Crippen LogP contribution in [0.3, 0.4) is 0 Å². The monoisotopic (exact) mass is 317 g/mol. The number of thioether (sulfide) groups is 1. The second-order valence-corrected chi connectivity index (χ2v) is 7.16. The van der Waals surface area contributed by atoms with Gasteiger partial charge >= 0.3 is 0 Å². The zero-order valence-electron chi connectivity index (χ0n) is 14.7. The SMILES string of the molecule is CSC(=Nc1c(C(C)C)cc(C(C)C)cc1C(C)C)NC#N. The van der Waals surface area contributed by atoms with Crippen molar-refractivity contribution in [1.82, 2.24) is 5.32 Å². The van der Waals surface area contributed by atoms with E-state index in [0.717, 1.165) is 5.69 Å². The van der Waals surface area contributed by atoms with Gasteiger partial charge in [0.1, 0.15) is 0 Å². The third-order valence-electron chi connectivity index (χ3n) is 3.67. The van der Waals surface area contributed by atoms with Crippen LogP contribution in [0.15, 0.2) is 17.1 Å². The number of amidine groups is 1. The van der Waals surface area contributed by atoms with Gasteiger partial charge in [0.25, 0.3) is 0 Å². The highest BCUT2D eigenvalue weighted by Gasteiger charge is 2.17. The molecule has 0 spiro atoms. The van der Waals surface area contributed by atoms with Gasteiger partial charge in [-0.25, -0.2) is 4.99 Å². The lowest BCUT2D eigenvalue weighted by atomic mass is 9.87. The Hall–Kier alpha value is -1.47. The highest BCUT2D eigenvalue weighted by molar-refractivity contribution is 8.13. The molecule has 1 N–H and O–H groups in total. The smallest absolute Gasteiger partial charge is 0.183 e. The summed E-state index contributed by atoms with van der Waals surface area (Å²) in [5, 5.41) is 12.2. The molecule has 0 atom stereocenters. The maximum atomic E-state index is 8.86. The quantitative estimate of drug-likeness (QED) is 0.346. The predicted molar refractivity (Wildman–Crippen MR) is 98.1 cm³/mol. The molecule has 0 saturated carbocycles. The third kappa shape index (κ3) is 4.51. The van der Waals surface area contributed by atoms with E-state index in [1.54, 1.807) is 0 Å². The summed E-state index contributed by atoms with van der Waals surface area (Å²) >= 11 is 1.46. The van der Waals surface area contributed by atoms with Gasteiger partial charge in [-0.3, -0.25) is 5.32 Å². The van der Waals surface area contributed by atoms with Crippen LogP contribution in [0.2, 0.25) is 0 Å². The number of nitrogens with one attached hydrogen (secondary N) is 1. The molecule has 0 bridgehead atoms. The van der Waals surface area contributed by atoms with Crippen molar-refractivity contribution in [2.45, 2.75) is 59.3 Å². The maximum Gasteiger partial charge on any atom is 0.183 e. The van der Waals surface area contributed by atoms with Crippen LogP contribution in [0, 0.1) is 11.5 Å². The Balaban J connectivity index is 3.61. The van der Waals surface area contributed by atoms with E-state index in [4.69, 9.17) is 10.3 Å². The fraction of sp³-hybridized carbons (Fsp3) is 0.556. The number of hydrogen-bond donors (Lipinski definition) is 1. The van der Waals surface area contributed by atoms with Crippen LogP contribution < -0.4 is 5.32 Å². The van der Waals surface area contributed by atoms with Crippen molar-refractivity contribution in [2.24, 2.45) is 4.99 Å². The van der Waals surface area contributed by atoms with Crippen molar-refractivity contribution >= 4 is 22.6 Å². The molecule has 22 heavy (non-hydrogen) atoms. The lowest BCUT2D eigenvalue weighted by Crippen LogP contribution is -2.13. The molecule has 0 aromatic heterocycles. The molecule has 0 unspecified atom stereocenters. The summed E-state index contributed by atoms with van der Waals surface area (Å²) in [5.74, 6) is 1.27. The number of aliphatic imine (C=N–C) groups is 1. The average molecular weight is 318 g/mol. The first kappa shape index (κ1) is 18.6. The number of nitriles is 1. The second-order valence-electron chi connectivity index (χ2n) is 6.37. The largest absolute Gasteiger partial charge is 0.271 e. The lowest BCUT2D eigenvalue weighted by molar-refractivity contribution is 0.805. The summed E-state index contributed by atoms with van der Waals surface area (Å²) in [6.07, 6.45) is 3.89. The van der Waals surface area contributed by atoms with E-state index < -0.39 is 0 Å². The Kier molecular flexibility index (Phi) is 6.96. The molecular weight excluding hydrogens is 290 g/mol. The zero-order chi connectivity index (χ0) is 16.9. The summed E-state index contributed by atoms with van der Waals surface area (Å²) < 4.78 is 0. The van der Waals surface area contributed by atoms with Gasteiger partial charge in [0.2, 0.25) is 0 Å². The summed E-state index contributed by atoms with van der Waals surface area (Å²) in [7, 11) is 0. The number of benzene rings is 1. The molecule has 3 nitrogen and oxygen atoms in total. The Morgan fingerprint density at radius 3 is 1.86 bits per heavy atom. The fourth-order valence-electron chi connectivity index (χ4n) is 2.32. The van der Waals surface area contributed by atoms with Crippen LogP contribution in [0.25, 0.3) is 0 Å². The van der Waals surface area contributed by atoms with Crippen molar-refractivity contribution in [3.63, 3.8) is 0 Å². The van der Waals surface area contributed by atoms with Gasteiger partial charge in [-0.1, -0.05) is 65.4 Å². The Labute approximate surface area is 139 Å². The molecule has 0 aliphatic rings. The normalized spacial score (nSPS) is 12.1. The van der Waals surface area contributed by atoms with Crippen LogP contribution in [-0.2, 0) is 0 Å². The van der Waals surface area contributed by atoms with E-state index in [1.165, 1.54) is 28.5 Å². The van der Waals surface area contributed by atoms with E-state index in [9.17, 15) is 0 Å². The number of hydrogen-bond acceptors (Lipinski definition) is 3.